The Morgan fingerprint density at radius 1 is 1.18 bits per heavy atom. The van der Waals surface area contributed by atoms with Crippen LogP contribution in [0.5, 0.6) is 0 Å². The van der Waals surface area contributed by atoms with E-state index in [-0.39, 0.29) is 36.4 Å². The molecule has 0 bridgehead atoms. The van der Waals surface area contributed by atoms with E-state index in [0.29, 0.717) is 31.0 Å². The highest BCUT2D eigenvalue weighted by Gasteiger charge is 2.33. The fourth-order valence-corrected chi connectivity index (χ4v) is 3.29. The van der Waals surface area contributed by atoms with Gasteiger partial charge in [-0.05, 0) is 37.5 Å². The molecule has 0 aromatic heterocycles. The minimum atomic E-state index is -0.424. The zero-order valence-electron chi connectivity index (χ0n) is 17.0. The summed E-state index contributed by atoms with van der Waals surface area (Å²) >= 11 is 5.86. The number of esters is 1. The quantitative estimate of drug-likeness (QED) is 0.758. The van der Waals surface area contributed by atoms with Crippen molar-refractivity contribution in [3.05, 3.63) is 34.9 Å². The molecule has 1 aromatic rings. The molecule has 2 rings (SSSR count). The molecule has 0 spiro atoms. The summed E-state index contributed by atoms with van der Waals surface area (Å²) in [4.78, 5) is 38.4. The van der Waals surface area contributed by atoms with Gasteiger partial charge in [0.15, 0.2) is 6.61 Å². The summed E-state index contributed by atoms with van der Waals surface area (Å²) in [6, 6.07) is 6.99. The molecule has 28 heavy (non-hydrogen) atoms. The Morgan fingerprint density at radius 2 is 1.75 bits per heavy atom. The number of hydrogen-bond donors (Lipinski definition) is 1. The van der Waals surface area contributed by atoms with Crippen molar-refractivity contribution < 1.29 is 19.1 Å². The second-order valence-electron chi connectivity index (χ2n) is 8.26. The number of ether oxygens (including phenoxy) is 1. The van der Waals surface area contributed by atoms with Gasteiger partial charge >= 0.3 is 5.97 Å². The molecule has 1 unspecified atom stereocenters. The Bertz CT molecular complexity index is 704. The van der Waals surface area contributed by atoms with Crippen LogP contribution in [0.3, 0.4) is 0 Å². The van der Waals surface area contributed by atoms with E-state index < -0.39 is 5.41 Å². The topological polar surface area (TPSA) is 75.7 Å². The molecule has 1 heterocycles. The molecule has 1 aliphatic rings. The standard InChI is InChI=1S/C21H29ClN2O4/c1-14(15-5-7-17(22)8-6-15)23-18(25)13-28-19(26)16-9-11-24(12-10-16)20(27)21(2,3)4/h5-8,14,16H,9-13H2,1-4H3,(H,23,25). The van der Waals surface area contributed by atoms with Gasteiger partial charge in [-0.3, -0.25) is 14.4 Å². The Morgan fingerprint density at radius 3 is 2.29 bits per heavy atom. The van der Waals surface area contributed by atoms with Crippen molar-refractivity contribution in [1.82, 2.24) is 10.2 Å². The number of nitrogens with one attached hydrogen (secondary N) is 1. The number of carbonyl (C=O) groups excluding carboxylic acids is 3. The zero-order chi connectivity index (χ0) is 20.9. The molecule has 0 saturated carbocycles. The number of hydrogen-bond acceptors (Lipinski definition) is 4. The number of rotatable bonds is 5. The van der Waals surface area contributed by atoms with E-state index in [0.717, 1.165) is 5.56 Å². The third-order valence-corrected chi connectivity index (χ3v) is 5.10. The van der Waals surface area contributed by atoms with E-state index in [1.54, 1.807) is 17.0 Å². The SMILES string of the molecule is CC(NC(=O)COC(=O)C1CCN(C(=O)C(C)(C)C)CC1)c1ccc(Cl)cc1. The molecule has 154 valence electrons. The van der Waals surface area contributed by atoms with Crippen molar-refractivity contribution in [2.75, 3.05) is 19.7 Å². The van der Waals surface area contributed by atoms with Crippen molar-refractivity contribution in [1.29, 1.82) is 0 Å². The van der Waals surface area contributed by atoms with Gasteiger partial charge in [0.05, 0.1) is 12.0 Å². The zero-order valence-corrected chi connectivity index (χ0v) is 17.7. The number of benzene rings is 1. The van der Waals surface area contributed by atoms with E-state index >= 15 is 0 Å². The summed E-state index contributed by atoms with van der Waals surface area (Å²) < 4.78 is 5.19. The molecule has 1 N–H and O–H groups in total. The molecule has 0 aliphatic carbocycles. The summed E-state index contributed by atoms with van der Waals surface area (Å²) in [5.74, 6) is -0.909. The molecular weight excluding hydrogens is 380 g/mol. The van der Waals surface area contributed by atoms with Crippen LogP contribution in [0.2, 0.25) is 5.02 Å². The maximum absolute atomic E-state index is 12.3. The summed E-state index contributed by atoms with van der Waals surface area (Å²) in [5, 5.41) is 3.43. The van der Waals surface area contributed by atoms with E-state index in [2.05, 4.69) is 5.32 Å². The fourth-order valence-electron chi connectivity index (χ4n) is 3.17. The van der Waals surface area contributed by atoms with E-state index in [1.165, 1.54) is 0 Å². The average Bonchev–Trinajstić information content (AvgIpc) is 2.65. The number of amides is 2. The Hall–Kier alpha value is -2.08. The highest BCUT2D eigenvalue weighted by atomic mass is 35.5. The van der Waals surface area contributed by atoms with Crippen LogP contribution in [0.15, 0.2) is 24.3 Å². The third-order valence-electron chi connectivity index (χ3n) is 4.85. The van der Waals surface area contributed by atoms with Gasteiger partial charge < -0.3 is 15.0 Å². The summed E-state index contributed by atoms with van der Waals surface area (Å²) in [6.07, 6.45) is 1.12. The van der Waals surface area contributed by atoms with Crippen molar-refractivity contribution in [2.24, 2.45) is 11.3 Å². The number of carbonyl (C=O) groups is 3. The highest BCUT2D eigenvalue weighted by molar-refractivity contribution is 6.30. The average molecular weight is 409 g/mol. The first-order valence-corrected chi connectivity index (χ1v) is 9.96. The van der Waals surface area contributed by atoms with E-state index in [9.17, 15) is 14.4 Å². The first-order chi connectivity index (χ1) is 13.1. The van der Waals surface area contributed by atoms with Gasteiger partial charge in [-0.25, -0.2) is 0 Å². The maximum Gasteiger partial charge on any atom is 0.309 e. The van der Waals surface area contributed by atoms with Gasteiger partial charge in [0.1, 0.15) is 0 Å². The lowest BCUT2D eigenvalue weighted by molar-refractivity contribution is -0.155. The van der Waals surface area contributed by atoms with Crippen LogP contribution in [-0.2, 0) is 19.1 Å². The Kier molecular flexibility index (Phi) is 7.47. The van der Waals surface area contributed by atoms with Crippen molar-refractivity contribution in [2.45, 2.75) is 46.6 Å². The van der Waals surface area contributed by atoms with Gasteiger partial charge in [-0.2, -0.15) is 0 Å². The van der Waals surface area contributed by atoms with Gasteiger partial charge in [-0.1, -0.05) is 44.5 Å². The van der Waals surface area contributed by atoms with Gasteiger partial charge in [0.25, 0.3) is 5.91 Å². The molecule has 2 amide bonds. The van der Waals surface area contributed by atoms with Crippen LogP contribution in [0, 0.1) is 11.3 Å². The van der Waals surface area contributed by atoms with Crippen LogP contribution in [-0.4, -0.2) is 42.4 Å². The van der Waals surface area contributed by atoms with Crippen LogP contribution in [0.1, 0.15) is 52.1 Å². The first kappa shape index (κ1) is 22.2. The number of likely N-dealkylation sites (tertiary alicyclic amines) is 1. The van der Waals surface area contributed by atoms with Gasteiger partial charge in [0.2, 0.25) is 5.91 Å². The van der Waals surface area contributed by atoms with Crippen LogP contribution >= 0.6 is 11.6 Å². The predicted molar refractivity (Wildman–Crippen MR) is 108 cm³/mol. The second-order valence-corrected chi connectivity index (χ2v) is 8.70. The van der Waals surface area contributed by atoms with Gasteiger partial charge in [-0.15, -0.1) is 0 Å². The minimum Gasteiger partial charge on any atom is -0.455 e. The maximum atomic E-state index is 12.3. The van der Waals surface area contributed by atoms with E-state index in [1.807, 2.05) is 39.8 Å². The molecular formula is C21H29ClN2O4. The summed E-state index contributed by atoms with van der Waals surface area (Å²) in [6.45, 7) is 8.28. The fraction of sp³-hybridized carbons (Fsp3) is 0.571. The second kappa shape index (κ2) is 9.41. The van der Waals surface area contributed by atoms with Crippen molar-refractivity contribution in [3.63, 3.8) is 0 Å². The summed E-state index contributed by atoms with van der Waals surface area (Å²) in [5.41, 5.74) is 0.492. The lowest BCUT2D eigenvalue weighted by Gasteiger charge is -2.34. The van der Waals surface area contributed by atoms with Crippen LogP contribution in [0.25, 0.3) is 0 Å². The third kappa shape index (κ3) is 6.23. The highest BCUT2D eigenvalue weighted by Crippen LogP contribution is 2.24. The molecule has 7 heteroatoms. The lowest BCUT2D eigenvalue weighted by atomic mass is 9.91. The lowest BCUT2D eigenvalue weighted by Crippen LogP contribution is -2.45. The molecule has 1 saturated heterocycles. The number of piperidine rings is 1. The monoisotopic (exact) mass is 408 g/mol. The van der Waals surface area contributed by atoms with Crippen molar-refractivity contribution >= 4 is 29.4 Å². The molecule has 1 fully saturated rings. The van der Waals surface area contributed by atoms with Crippen LogP contribution < -0.4 is 5.32 Å². The molecule has 1 atom stereocenters. The molecule has 0 radical (unpaired) electrons. The van der Waals surface area contributed by atoms with Crippen LogP contribution in [0.4, 0.5) is 0 Å². The normalized spacial score (nSPS) is 16.4. The molecule has 6 nitrogen and oxygen atoms in total. The molecule has 1 aromatic carbocycles. The first-order valence-electron chi connectivity index (χ1n) is 9.59. The number of halogens is 1. The Labute approximate surface area is 171 Å². The number of nitrogens with zero attached hydrogens (tertiary/aromatic N) is 1. The van der Waals surface area contributed by atoms with Gasteiger partial charge in [0, 0.05) is 23.5 Å². The molecule has 1 aliphatic heterocycles. The summed E-state index contributed by atoms with van der Waals surface area (Å²) in [7, 11) is 0. The predicted octanol–water partition coefficient (Wildman–Crippen LogP) is 3.35. The largest absolute Gasteiger partial charge is 0.455 e. The Balaban J connectivity index is 1.74. The minimum absolute atomic E-state index is 0.0925. The van der Waals surface area contributed by atoms with E-state index in [4.69, 9.17) is 16.3 Å². The van der Waals surface area contributed by atoms with Crippen molar-refractivity contribution in [3.8, 4) is 0 Å². The smallest absolute Gasteiger partial charge is 0.309 e.